The lowest BCUT2D eigenvalue weighted by molar-refractivity contribution is -0.151. The summed E-state index contributed by atoms with van der Waals surface area (Å²) in [7, 11) is 0. The molecule has 0 spiro atoms. The van der Waals surface area contributed by atoms with Crippen molar-refractivity contribution in [1.82, 2.24) is 0 Å². The highest BCUT2D eigenvalue weighted by Crippen LogP contribution is 2.12. The molecule has 1 rings (SSSR count). The molecule has 0 aromatic heterocycles. The van der Waals surface area contributed by atoms with Crippen LogP contribution in [0.15, 0.2) is 0 Å². The molecule has 5 heteroatoms. The molecule has 1 unspecified atom stereocenters. The highest BCUT2D eigenvalue weighted by atomic mass is 16.6. The zero-order valence-electron chi connectivity index (χ0n) is 8.85. The molecule has 2 atom stereocenters. The van der Waals surface area contributed by atoms with Gasteiger partial charge in [-0.05, 0) is 25.7 Å². The monoisotopic (exact) mass is 217 g/mol. The Labute approximate surface area is 89.5 Å². The molecular weight excluding hydrogens is 198 g/mol. The maximum Gasteiger partial charge on any atom is 0.323 e. The van der Waals surface area contributed by atoms with E-state index in [1.54, 1.807) is 0 Å². The summed E-state index contributed by atoms with van der Waals surface area (Å²) >= 11 is 0. The summed E-state index contributed by atoms with van der Waals surface area (Å²) < 4.78 is 10.4. The van der Waals surface area contributed by atoms with Gasteiger partial charge in [0.1, 0.15) is 12.6 Å². The maximum absolute atomic E-state index is 11.3. The normalized spacial score (nSPS) is 23.5. The Kier molecular flexibility index (Phi) is 5.60. The van der Waals surface area contributed by atoms with Crippen LogP contribution in [-0.2, 0) is 14.3 Å². The van der Waals surface area contributed by atoms with E-state index in [1.165, 1.54) is 0 Å². The van der Waals surface area contributed by atoms with Crippen molar-refractivity contribution in [3.63, 3.8) is 0 Å². The fourth-order valence-electron chi connectivity index (χ4n) is 1.48. The Morgan fingerprint density at radius 2 is 2.40 bits per heavy atom. The van der Waals surface area contributed by atoms with Gasteiger partial charge in [0, 0.05) is 13.2 Å². The van der Waals surface area contributed by atoms with Crippen molar-refractivity contribution < 1.29 is 19.4 Å². The van der Waals surface area contributed by atoms with E-state index in [2.05, 4.69) is 0 Å². The van der Waals surface area contributed by atoms with E-state index in [9.17, 15) is 4.79 Å². The van der Waals surface area contributed by atoms with E-state index in [0.29, 0.717) is 0 Å². The maximum atomic E-state index is 11.3. The lowest BCUT2D eigenvalue weighted by Gasteiger charge is -2.22. The third-order valence-corrected chi connectivity index (χ3v) is 2.43. The molecule has 1 saturated heterocycles. The predicted octanol–water partition coefficient (Wildman–Crippen LogP) is -0.192. The Morgan fingerprint density at radius 1 is 1.60 bits per heavy atom. The molecule has 0 saturated carbocycles. The zero-order chi connectivity index (χ0) is 11.1. The number of hydrogen-bond donors (Lipinski definition) is 2. The van der Waals surface area contributed by atoms with Gasteiger partial charge < -0.3 is 20.3 Å². The van der Waals surface area contributed by atoms with Gasteiger partial charge >= 0.3 is 5.97 Å². The smallest absolute Gasteiger partial charge is 0.323 e. The molecule has 88 valence electrons. The van der Waals surface area contributed by atoms with Crippen LogP contribution in [0.25, 0.3) is 0 Å². The van der Waals surface area contributed by atoms with Crippen molar-refractivity contribution >= 4 is 5.97 Å². The van der Waals surface area contributed by atoms with Crippen LogP contribution in [-0.4, -0.2) is 43.0 Å². The van der Waals surface area contributed by atoms with Crippen LogP contribution in [0.1, 0.15) is 25.7 Å². The Hall–Kier alpha value is -0.650. The third-order valence-electron chi connectivity index (χ3n) is 2.43. The molecule has 15 heavy (non-hydrogen) atoms. The fraction of sp³-hybridized carbons (Fsp3) is 0.900. The second kappa shape index (κ2) is 6.76. The zero-order valence-corrected chi connectivity index (χ0v) is 8.85. The van der Waals surface area contributed by atoms with Gasteiger partial charge in [0.15, 0.2) is 0 Å². The molecule has 0 aromatic rings. The van der Waals surface area contributed by atoms with Gasteiger partial charge in [-0.2, -0.15) is 0 Å². The Balaban J connectivity index is 2.14. The first-order chi connectivity index (χ1) is 7.24. The SMILES string of the molecule is N[C@H](CCO)C(=O)OCC1CCCCO1. The van der Waals surface area contributed by atoms with E-state index in [-0.39, 0.29) is 25.7 Å². The molecule has 1 aliphatic heterocycles. The average Bonchev–Trinajstić information content (AvgIpc) is 2.27. The molecule has 0 bridgehead atoms. The number of aliphatic hydroxyl groups is 1. The van der Waals surface area contributed by atoms with Crippen molar-refractivity contribution in [3.8, 4) is 0 Å². The van der Waals surface area contributed by atoms with Crippen LogP contribution in [0.2, 0.25) is 0 Å². The standard InChI is InChI=1S/C10H19NO4/c11-9(4-5-12)10(13)15-7-8-3-1-2-6-14-8/h8-9,12H,1-7,11H2/t8?,9-/m1/s1. The molecule has 1 aliphatic rings. The first kappa shape index (κ1) is 12.4. The van der Waals surface area contributed by atoms with Crippen LogP contribution in [0.5, 0.6) is 0 Å². The summed E-state index contributed by atoms with van der Waals surface area (Å²) in [5, 5.41) is 8.59. The summed E-state index contributed by atoms with van der Waals surface area (Å²) in [5.41, 5.74) is 5.47. The number of carbonyl (C=O) groups is 1. The minimum Gasteiger partial charge on any atom is -0.462 e. The Morgan fingerprint density at radius 3 is 3.00 bits per heavy atom. The highest BCUT2D eigenvalue weighted by molar-refractivity contribution is 5.75. The third kappa shape index (κ3) is 4.59. The van der Waals surface area contributed by atoms with Gasteiger partial charge in [-0.1, -0.05) is 0 Å². The number of nitrogens with two attached hydrogens (primary N) is 1. The highest BCUT2D eigenvalue weighted by Gasteiger charge is 2.19. The first-order valence-electron chi connectivity index (χ1n) is 5.38. The minimum atomic E-state index is -0.724. The molecule has 5 nitrogen and oxygen atoms in total. The van der Waals surface area contributed by atoms with Crippen molar-refractivity contribution in [2.24, 2.45) is 5.73 Å². The lowest BCUT2D eigenvalue weighted by atomic mass is 10.1. The topological polar surface area (TPSA) is 81.8 Å². The van der Waals surface area contributed by atoms with Crippen LogP contribution in [0, 0.1) is 0 Å². The van der Waals surface area contributed by atoms with Gasteiger partial charge in [-0.25, -0.2) is 0 Å². The number of carbonyl (C=O) groups excluding carboxylic acids is 1. The van der Waals surface area contributed by atoms with Crippen LogP contribution < -0.4 is 5.73 Å². The molecule has 0 amide bonds. The summed E-state index contributed by atoms with van der Waals surface area (Å²) in [6.07, 6.45) is 3.38. The molecule has 3 N–H and O–H groups in total. The van der Waals surface area contributed by atoms with Crippen molar-refractivity contribution in [1.29, 1.82) is 0 Å². The predicted molar refractivity (Wildman–Crippen MR) is 54.2 cm³/mol. The molecule has 0 radical (unpaired) electrons. The summed E-state index contributed by atoms with van der Waals surface area (Å²) in [5.74, 6) is -0.460. The van der Waals surface area contributed by atoms with Crippen LogP contribution in [0.4, 0.5) is 0 Å². The second-order valence-corrected chi connectivity index (χ2v) is 3.74. The molecule has 1 fully saturated rings. The van der Waals surface area contributed by atoms with Crippen molar-refractivity contribution in [3.05, 3.63) is 0 Å². The van der Waals surface area contributed by atoms with Crippen molar-refractivity contribution in [2.75, 3.05) is 19.8 Å². The molecule has 1 heterocycles. The lowest BCUT2D eigenvalue weighted by Crippen LogP contribution is -2.35. The summed E-state index contributed by atoms with van der Waals surface area (Å²) in [4.78, 5) is 11.3. The van der Waals surface area contributed by atoms with Gasteiger partial charge in [0.05, 0.1) is 6.10 Å². The van der Waals surface area contributed by atoms with E-state index < -0.39 is 12.0 Å². The van der Waals surface area contributed by atoms with Gasteiger partial charge in [0.2, 0.25) is 0 Å². The average molecular weight is 217 g/mol. The Bertz CT molecular complexity index is 192. The molecule has 0 aromatic carbocycles. The van der Waals surface area contributed by atoms with E-state index in [1.807, 2.05) is 0 Å². The van der Waals surface area contributed by atoms with E-state index in [4.69, 9.17) is 20.3 Å². The summed E-state index contributed by atoms with van der Waals surface area (Å²) in [6.45, 7) is 0.916. The second-order valence-electron chi connectivity index (χ2n) is 3.74. The van der Waals surface area contributed by atoms with Gasteiger partial charge in [-0.15, -0.1) is 0 Å². The minimum absolute atomic E-state index is 0.0176. The van der Waals surface area contributed by atoms with Crippen molar-refractivity contribution in [2.45, 2.75) is 37.8 Å². The van der Waals surface area contributed by atoms with E-state index >= 15 is 0 Å². The molecular formula is C10H19NO4. The van der Waals surface area contributed by atoms with E-state index in [0.717, 1.165) is 25.9 Å². The summed E-state index contributed by atoms with van der Waals surface area (Å²) in [6, 6.07) is -0.724. The quantitative estimate of drug-likeness (QED) is 0.624. The number of aliphatic hydroxyl groups excluding tert-OH is 1. The largest absolute Gasteiger partial charge is 0.462 e. The molecule has 0 aliphatic carbocycles. The van der Waals surface area contributed by atoms with Crippen LogP contribution >= 0.6 is 0 Å². The fourth-order valence-corrected chi connectivity index (χ4v) is 1.48. The van der Waals surface area contributed by atoms with Crippen LogP contribution in [0.3, 0.4) is 0 Å². The number of rotatable bonds is 5. The number of ether oxygens (including phenoxy) is 2. The van der Waals surface area contributed by atoms with Gasteiger partial charge in [-0.3, -0.25) is 4.79 Å². The van der Waals surface area contributed by atoms with Gasteiger partial charge in [0.25, 0.3) is 0 Å². The number of esters is 1. The number of hydrogen-bond acceptors (Lipinski definition) is 5. The first-order valence-corrected chi connectivity index (χ1v) is 5.38.